The van der Waals surface area contributed by atoms with E-state index in [1.54, 1.807) is 0 Å². The number of guanidine groups is 1. The number of aryl methyl sites for hydroxylation is 1. The molecule has 2 fully saturated rings. The predicted molar refractivity (Wildman–Crippen MR) is 129 cm³/mol. The number of nitrogens with one attached hydrogen (secondary N) is 1. The highest BCUT2D eigenvalue weighted by atomic mass is 127. The van der Waals surface area contributed by atoms with Crippen LogP contribution in [0.25, 0.3) is 0 Å². The van der Waals surface area contributed by atoms with Gasteiger partial charge in [0.15, 0.2) is 5.96 Å². The van der Waals surface area contributed by atoms with Gasteiger partial charge in [0.25, 0.3) is 0 Å². The molecule has 0 aromatic carbocycles. The standard InChI is InChI=1S/C21H34N6O2.HI/c1-3-23-21(24-7-5-19-4-6-22-16-18(19)2)27-10-8-25(9-11-27)17-20(28)26-12-14-29-15-13-26;/h4,6,16H,3,5,7-15,17H2,1-2H3,(H,23,24);1H. The number of morpholine rings is 1. The lowest BCUT2D eigenvalue weighted by atomic mass is 10.1. The van der Waals surface area contributed by atoms with Gasteiger partial charge in [-0.3, -0.25) is 19.7 Å². The van der Waals surface area contributed by atoms with E-state index in [0.717, 1.165) is 51.6 Å². The van der Waals surface area contributed by atoms with Crippen LogP contribution >= 0.6 is 24.0 Å². The lowest BCUT2D eigenvalue weighted by Gasteiger charge is -2.37. The van der Waals surface area contributed by atoms with Crippen molar-refractivity contribution in [1.29, 1.82) is 0 Å². The quantitative estimate of drug-likeness (QED) is 0.336. The Labute approximate surface area is 197 Å². The highest BCUT2D eigenvalue weighted by Crippen LogP contribution is 2.08. The van der Waals surface area contributed by atoms with Crippen LogP contribution in [0.5, 0.6) is 0 Å². The lowest BCUT2D eigenvalue weighted by Crippen LogP contribution is -2.55. The largest absolute Gasteiger partial charge is 0.378 e. The molecular formula is C21H35IN6O2. The van der Waals surface area contributed by atoms with Gasteiger partial charge in [-0.25, -0.2) is 0 Å². The minimum absolute atomic E-state index is 0. The molecule has 2 saturated heterocycles. The van der Waals surface area contributed by atoms with Gasteiger partial charge in [-0.1, -0.05) is 0 Å². The van der Waals surface area contributed by atoms with Gasteiger partial charge < -0.3 is 19.9 Å². The maximum Gasteiger partial charge on any atom is 0.236 e. The highest BCUT2D eigenvalue weighted by molar-refractivity contribution is 14.0. The molecule has 2 aliphatic rings. The van der Waals surface area contributed by atoms with Gasteiger partial charge in [-0.2, -0.15) is 0 Å². The summed E-state index contributed by atoms with van der Waals surface area (Å²) in [5.74, 6) is 1.19. The van der Waals surface area contributed by atoms with E-state index in [0.29, 0.717) is 32.8 Å². The zero-order valence-electron chi connectivity index (χ0n) is 18.2. The van der Waals surface area contributed by atoms with Crippen molar-refractivity contribution in [2.75, 3.05) is 72.1 Å². The molecule has 1 aromatic rings. The zero-order valence-corrected chi connectivity index (χ0v) is 20.5. The number of ether oxygens (including phenoxy) is 1. The van der Waals surface area contributed by atoms with Gasteiger partial charge in [-0.15, -0.1) is 24.0 Å². The van der Waals surface area contributed by atoms with E-state index < -0.39 is 0 Å². The van der Waals surface area contributed by atoms with Gasteiger partial charge in [0, 0.05) is 64.8 Å². The third-order valence-electron chi connectivity index (χ3n) is 5.51. The van der Waals surface area contributed by atoms with E-state index in [1.807, 2.05) is 17.3 Å². The van der Waals surface area contributed by atoms with E-state index in [1.165, 1.54) is 11.1 Å². The van der Waals surface area contributed by atoms with E-state index >= 15 is 0 Å². The third kappa shape index (κ3) is 7.35. The first-order valence-corrected chi connectivity index (χ1v) is 10.7. The van der Waals surface area contributed by atoms with Crippen molar-refractivity contribution in [2.45, 2.75) is 20.3 Å². The summed E-state index contributed by atoms with van der Waals surface area (Å²) in [5, 5.41) is 3.42. The summed E-state index contributed by atoms with van der Waals surface area (Å²) in [4.78, 5) is 27.9. The summed E-state index contributed by atoms with van der Waals surface area (Å²) in [7, 11) is 0. The normalized spacial score (nSPS) is 18.1. The Kier molecular flexibility index (Phi) is 10.8. The van der Waals surface area contributed by atoms with Crippen LogP contribution < -0.4 is 5.32 Å². The Morgan fingerprint density at radius 1 is 1.17 bits per heavy atom. The van der Waals surface area contributed by atoms with Gasteiger partial charge in [-0.05, 0) is 37.5 Å². The van der Waals surface area contributed by atoms with Crippen LogP contribution in [0.3, 0.4) is 0 Å². The Balaban J connectivity index is 0.00000320. The van der Waals surface area contributed by atoms with Crippen LogP contribution in [0.2, 0.25) is 0 Å². The second kappa shape index (κ2) is 13.1. The smallest absolute Gasteiger partial charge is 0.236 e. The van der Waals surface area contributed by atoms with Gasteiger partial charge in [0.05, 0.1) is 19.8 Å². The number of nitrogens with zero attached hydrogens (tertiary/aromatic N) is 5. The van der Waals surface area contributed by atoms with Crippen LogP contribution in [0, 0.1) is 6.92 Å². The molecular weight excluding hydrogens is 495 g/mol. The molecule has 0 aliphatic carbocycles. The first kappa shape index (κ1) is 24.8. The van der Waals surface area contributed by atoms with Gasteiger partial charge in [0.2, 0.25) is 5.91 Å². The van der Waals surface area contributed by atoms with E-state index in [-0.39, 0.29) is 29.9 Å². The second-order valence-electron chi connectivity index (χ2n) is 7.54. The first-order chi connectivity index (χ1) is 14.2. The van der Waals surface area contributed by atoms with Crippen LogP contribution in [0.4, 0.5) is 0 Å². The van der Waals surface area contributed by atoms with Crippen molar-refractivity contribution < 1.29 is 9.53 Å². The van der Waals surface area contributed by atoms with E-state index in [2.05, 4.69) is 40.0 Å². The molecule has 1 aromatic heterocycles. The first-order valence-electron chi connectivity index (χ1n) is 10.7. The molecule has 0 spiro atoms. The molecule has 0 atom stereocenters. The van der Waals surface area contributed by atoms with Crippen molar-refractivity contribution >= 4 is 35.8 Å². The Hall–Kier alpha value is -1.46. The van der Waals surface area contributed by atoms with Gasteiger partial charge in [0.1, 0.15) is 0 Å². The van der Waals surface area contributed by atoms with Crippen LogP contribution in [0.15, 0.2) is 23.5 Å². The number of pyridine rings is 1. The molecule has 3 rings (SSSR count). The monoisotopic (exact) mass is 530 g/mol. The Bertz CT molecular complexity index is 688. The van der Waals surface area contributed by atoms with Crippen LogP contribution in [-0.2, 0) is 16.0 Å². The number of hydrogen-bond acceptors (Lipinski definition) is 5. The fourth-order valence-corrected chi connectivity index (χ4v) is 3.71. The summed E-state index contributed by atoms with van der Waals surface area (Å²) >= 11 is 0. The molecule has 1 amide bonds. The van der Waals surface area contributed by atoms with Gasteiger partial charge >= 0.3 is 0 Å². The van der Waals surface area contributed by atoms with Crippen molar-refractivity contribution in [2.24, 2.45) is 4.99 Å². The molecule has 168 valence electrons. The molecule has 2 aliphatic heterocycles. The molecule has 3 heterocycles. The number of piperazine rings is 1. The average molecular weight is 530 g/mol. The average Bonchev–Trinajstić information content (AvgIpc) is 2.75. The second-order valence-corrected chi connectivity index (χ2v) is 7.54. The van der Waals surface area contributed by atoms with Crippen molar-refractivity contribution in [1.82, 2.24) is 25.0 Å². The molecule has 0 unspecified atom stereocenters. The SMILES string of the molecule is CCNC(=NCCc1ccncc1C)N1CCN(CC(=O)N2CCOCC2)CC1.I. The summed E-state index contributed by atoms with van der Waals surface area (Å²) < 4.78 is 5.33. The molecule has 9 heteroatoms. The van der Waals surface area contributed by atoms with Crippen molar-refractivity contribution in [3.63, 3.8) is 0 Å². The number of halogens is 1. The minimum atomic E-state index is 0. The van der Waals surface area contributed by atoms with Crippen LogP contribution in [0.1, 0.15) is 18.1 Å². The topological polar surface area (TPSA) is 73.3 Å². The molecule has 1 N–H and O–H groups in total. The zero-order chi connectivity index (χ0) is 20.5. The number of rotatable bonds is 6. The molecule has 8 nitrogen and oxygen atoms in total. The fraction of sp³-hybridized carbons (Fsp3) is 0.667. The fourth-order valence-electron chi connectivity index (χ4n) is 3.71. The summed E-state index contributed by atoms with van der Waals surface area (Å²) in [6.07, 6.45) is 4.66. The molecule has 0 bridgehead atoms. The Morgan fingerprint density at radius 3 is 2.57 bits per heavy atom. The number of aliphatic imine (C=N–C) groups is 1. The summed E-state index contributed by atoms with van der Waals surface area (Å²) in [5.41, 5.74) is 2.51. The predicted octanol–water partition coefficient (Wildman–Crippen LogP) is 0.992. The third-order valence-corrected chi connectivity index (χ3v) is 5.51. The summed E-state index contributed by atoms with van der Waals surface area (Å²) in [6.45, 7) is 12.6. The minimum Gasteiger partial charge on any atom is -0.378 e. The Morgan fingerprint density at radius 2 is 1.90 bits per heavy atom. The number of carbonyl (C=O) groups excluding carboxylic acids is 1. The van der Waals surface area contributed by atoms with E-state index in [9.17, 15) is 4.79 Å². The molecule has 0 saturated carbocycles. The summed E-state index contributed by atoms with van der Waals surface area (Å²) in [6, 6.07) is 2.07. The van der Waals surface area contributed by atoms with Crippen molar-refractivity contribution in [3.05, 3.63) is 29.6 Å². The number of aromatic nitrogens is 1. The van der Waals surface area contributed by atoms with E-state index in [4.69, 9.17) is 9.73 Å². The van der Waals surface area contributed by atoms with Crippen LogP contribution in [-0.4, -0.2) is 104 Å². The maximum absolute atomic E-state index is 12.5. The molecule has 30 heavy (non-hydrogen) atoms. The van der Waals surface area contributed by atoms with Crippen molar-refractivity contribution in [3.8, 4) is 0 Å². The maximum atomic E-state index is 12.5. The lowest BCUT2D eigenvalue weighted by molar-refractivity contribution is -0.136. The number of amides is 1. The number of hydrogen-bond donors (Lipinski definition) is 1. The molecule has 0 radical (unpaired) electrons. The highest BCUT2D eigenvalue weighted by Gasteiger charge is 2.24. The number of carbonyl (C=O) groups is 1.